The summed E-state index contributed by atoms with van der Waals surface area (Å²) in [5.74, 6) is -0.477. The molecule has 4 heteroatoms. The Hall–Kier alpha value is -1.84. The fourth-order valence-corrected chi connectivity index (χ4v) is 2.15. The van der Waals surface area contributed by atoms with Gasteiger partial charge >= 0.3 is 5.97 Å². The van der Waals surface area contributed by atoms with Crippen LogP contribution in [-0.2, 0) is 19.7 Å². The van der Waals surface area contributed by atoms with E-state index in [0.717, 1.165) is 11.3 Å². The maximum absolute atomic E-state index is 12.3. The Balaban J connectivity index is 2.43. The molecular weight excluding hydrogens is 218 g/mol. The number of fused-ring (bicyclic) bond motifs is 1. The van der Waals surface area contributed by atoms with Crippen LogP contribution in [0.2, 0.25) is 0 Å². The Morgan fingerprint density at radius 2 is 2.00 bits per heavy atom. The quantitative estimate of drug-likeness (QED) is 0.727. The first-order valence-corrected chi connectivity index (χ1v) is 5.46. The van der Waals surface area contributed by atoms with Gasteiger partial charge in [0.1, 0.15) is 6.54 Å². The van der Waals surface area contributed by atoms with Crippen molar-refractivity contribution >= 4 is 17.6 Å². The van der Waals surface area contributed by atoms with E-state index in [0.29, 0.717) is 0 Å². The lowest BCUT2D eigenvalue weighted by Gasteiger charge is -2.19. The van der Waals surface area contributed by atoms with E-state index in [9.17, 15) is 9.59 Å². The van der Waals surface area contributed by atoms with E-state index >= 15 is 0 Å². The Bertz CT molecular complexity index is 479. The zero-order valence-electron chi connectivity index (χ0n) is 10.2. The Labute approximate surface area is 100 Å². The standard InChI is InChI=1S/C13H15NO3/c1-13(2)9-6-4-5-7-10(9)14(12(13)16)8-11(15)17-3/h4-7H,8H2,1-3H3. The van der Waals surface area contributed by atoms with Crippen LogP contribution in [0.4, 0.5) is 5.69 Å². The van der Waals surface area contributed by atoms with Gasteiger partial charge in [0.25, 0.3) is 0 Å². The van der Waals surface area contributed by atoms with Crippen LogP contribution < -0.4 is 4.90 Å². The summed E-state index contributed by atoms with van der Waals surface area (Å²) in [7, 11) is 1.32. The monoisotopic (exact) mass is 233 g/mol. The number of carbonyl (C=O) groups excluding carboxylic acids is 2. The first-order chi connectivity index (χ1) is 7.98. The number of rotatable bonds is 2. The van der Waals surface area contributed by atoms with Gasteiger partial charge in [0.15, 0.2) is 0 Å². The first kappa shape index (κ1) is 11.6. The van der Waals surface area contributed by atoms with Gasteiger partial charge in [-0.05, 0) is 25.5 Å². The second-order valence-electron chi connectivity index (χ2n) is 4.61. The minimum atomic E-state index is -0.579. The molecule has 0 saturated carbocycles. The van der Waals surface area contributed by atoms with Crippen LogP contribution >= 0.6 is 0 Å². The van der Waals surface area contributed by atoms with Gasteiger partial charge in [-0.15, -0.1) is 0 Å². The molecule has 0 aliphatic carbocycles. The molecule has 17 heavy (non-hydrogen) atoms. The average molecular weight is 233 g/mol. The third kappa shape index (κ3) is 1.69. The molecule has 4 nitrogen and oxygen atoms in total. The third-order valence-electron chi connectivity index (χ3n) is 3.16. The Morgan fingerprint density at radius 1 is 1.35 bits per heavy atom. The van der Waals surface area contributed by atoms with Crippen molar-refractivity contribution in [2.45, 2.75) is 19.3 Å². The second-order valence-corrected chi connectivity index (χ2v) is 4.61. The lowest BCUT2D eigenvalue weighted by atomic mass is 9.86. The van der Waals surface area contributed by atoms with Gasteiger partial charge in [0.05, 0.1) is 12.5 Å². The van der Waals surface area contributed by atoms with Crippen molar-refractivity contribution in [3.8, 4) is 0 Å². The van der Waals surface area contributed by atoms with Crippen molar-refractivity contribution in [2.24, 2.45) is 0 Å². The molecule has 0 aromatic heterocycles. The summed E-state index contributed by atoms with van der Waals surface area (Å²) in [5, 5.41) is 0. The molecule has 0 bridgehead atoms. The SMILES string of the molecule is COC(=O)CN1C(=O)C(C)(C)c2ccccc21. The van der Waals surface area contributed by atoms with Crippen LogP contribution in [0.5, 0.6) is 0 Å². The first-order valence-electron chi connectivity index (χ1n) is 5.46. The van der Waals surface area contributed by atoms with Crippen molar-refractivity contribution in [3.63, 3.8) is 0 Å². The van der Waals surface area contributed by atoms with E-state index in [-0.39, 0.29) is 12.5 Å². The van der Waals surface area contributed by atoms with E-state index < -0.39 is 11.4 Å². The molecule has 1 aromatic rings. The van der Waals surface area contributed by atoms with Crippen molar-refractivity contribution in [1.82, 2.24) is 0 Å². The number of hydrogen-bond acceptors (Lipinski definition) is 3. The number of amides is 1. The number of ether oxygens (including phenoxy) is 1. The highest BCUT2D eigenvalue weighted by molar-refractivity contribution is 6.09. The number of hydrogen-bond donors (Lipinski definition) is 0. The van der Waals surface area contributed by atoms with Gasteiger partial charge in [-0.25, -0.2) is 0 Å². The number of carbonyl (C=O) groups is 2. The largest absolute Gasteiger partial charge is 0.468 e. The summed E-state index contributed by atoms with van der Waals surface area (Å²) in [6, 6.07) is 7.53. The van der Waals surface area contributed by atoms with E-state index in [1.165, 1.54) is 12.0 Å². The van der Waals surface area contributed by atoms with Crippen molar-refractivity contribution in [2.75, 3.05) is 18.6 Å². The van der Waals surface area contributed by atoms with E-state index in [1.54, 1.807) is 0 Å². The molecular formula is C13H15NO3. The maximum Gasteiger partial charge on any atom is 0.325 e. The molecule has 0 atom stereocenters. The number of methoxy groups -OCH3 is 1. The molecule has 1 aromatic carbocycles. The molecule has 1 heterocycles. The highest BCUT2D eigenvalue weighted by atomic mass is 16.5. The van der Waals surface area contributed by atoms with Crippen LogP contribution in [0.3, 0.4) is 0 Å². The smallest absolute Gasteiger partial charge is 0.325 e. The van der Waals surface area contributed by atoms with Gasteiger partial charge < -0.3 is 9.64 Å². The van der Waals surface area contributed by atoms with Crippen LogP contribution in [0, 0.1) is 0 Å². The number of anilines is 1. The van der Waals surface area contributed by atoms with Crippen LogP contribution in [0.15, 0.2) is 24.3 Å². The molecule has 0 saturated heterocycles. The van der Waals surface area contributed by atoms with E-state index in [2.05, 4.69) is 4.74 Å². The zero-order valence-corrected chi connectivity index (χ0v) is 10.2. The van der Waals surface area contributed by atoms with Gasteiger partial charge in [0, 0.05) is 5.69 Å². The predicted molar refractivity (Wildman–Crippen MR) is 63.8 cm³/mol. The minimum Gasteiger partial charge on any atom is -0.468 e. The van der Waals surface area contributed by atoms with E-state index in [1.807, 2.05) is 38.1 Å². The van der Waals surface area contributed by atoms with Crippen molar-refractivity contribution in [3.05, 3.63) is 29.8 Å². The van der Waals surface area contributed by atoms with Crippen LogP contribution in [0.25, 0.3) is 0 Å². The molecule has 0 N–H and O–H groups in total. The maximum atomic E-state index is 12.3. The van der Waals surface area contributed by atoms with E-state index in [4.69, 9.17) is 0 Å². The molecule has 0 fully saturated rings. The minimum absolute atomic E-state index is 0.0320. The number of nitrogens with zero attached hydrogens (tertiary/aromatic N) is 1. The molecule has 1 aliphatic rings. The predicted octanol–water partition coefficient (Wildman–Crippen LogP) is 1.48. The van der Waals surface area contributed by atoms with Crippen molar-refractivity contribution in [1.29, 1.82) is 0 Å². The van der Waals surface area contributed by atoms with Gasteiger partial charge in [-0.1, -0.05) is 18.2 Å². The normalized spacial score (nSPS) is 16.9. The number of para-hydroxylation sites is 1. The fourth-order valence-electron chi connectivity index (χ4n) is 2.15. The topological polar surface area (TPSA) is 46.6 Å². The zero-order chi connectivity index (χ0) is 12.6. The van der Waals surface area contributed by atoms with Gasteiger partial charge in [-0.2, -0.15) is 0 Å². The Morgan fingerprint density at radius 3 is 2.65 bits per heavy atom. The summed E-state index contributed by atoms with van der Waals surface area (Å²) in [6.45, 7) is 3.70. The summed E-state index contributed by atoms with van der Waals surface area (Å²) in [6.07, 6.45) is 0. The summed E-state index contributed by atoms with van der Waals surface area (Å²) in [5.41, 5.74) is 1.17. The van der Waals surface area contributed by atoms with Crippen LogP contribution in [0.1, 0.15) is 19.4 Å². The van der Waals surface area contributed by atoms with Gasteiger partial charge in [-0.3, -0.25) is 9.59 Å². The lowest BCUT2D eigenvalue weighted by molar-refractivity contribution is -0.140. The summed E-state index contributed by atoms with van der Waals surface area (Å²) < 4.78 is 4.61. The van der Waals surface area contributed by atoms with Crippen LogP contribution in [-0.4, -0.2) is 25.5 Å². The van der Waals surface area contributed by atoms with Gasteiger partial charge in [0.2, 0.25) is 5.91 Å². The molecule has 90 valence electrons. The lowest BCUT2D eigenvalue weighted by Crippen LogP contribution is -2.39. The second kappa shape index (κ2) is 3.87. The molecule has 1 aliphatic heterocycles. The number of benzene rings is 1. The molecule has 0 spiro atoms. The summed E-state index contributed by atoms with van der Waals surface area (Å²) >= 11 is 0. The molecule has 2 rings (SSSR count). The third-order valence-corrected chi connectivity index (χ3v) is 3.16. The average Bonchev–Trinajstić information content (AvgIpc) is 2.51. The van der Waals surface area contributed by atoms with Crippen molar-refractivity contribution < 1.29 is 14.3 Å². The molecule has 0 unspecified atom stereocenters. The number of esters is 1. The fraction of sp³-hybridized carbons (Fsp3) is 0.385. The highest BCUT2D eigenvalue weighted by Gasteiger charge is 2.44. The molecule has 0 radical (unpaired) electrons. The summed E-state index contributed by atoms with van der Waals surface area (Å²) in [4.78, 5) is 25.1. The Kier molecular flexibility index (Phi) is 2.65. The molecule has 1 amide bonds. The highest BCUT2D eigenvalue weighted by Crippen LogP contribution is 2.40.